The fraction of sp³-hybridized carbons (Fsp3) is 0.485. The van der Waals surface area contributed by atoms with Crippen LogP contribution >= 0.6 is 0 Å². The van der Waals surface area contributed by atoms with Crippen molar-refractivity contribution in [2.75, 3.05) is 0 Å². The van der Waals surface area contributed by atoms with Crippen molar-refractivity contribution in [3.8, 4) is 0 Å². The summed E-state index contributed by atoms with van der Waals surface area (Å²) in [6.45, 7) is 4.41. The second kappa shape index (κ2) is 9.92. The largest absolute Gasteiger partial charge is 0.359 e. The fourth-order valence-corrected chi connectivity index (χ4v) is 7.64. The highest BCUT2D eigenvalue weighted by Crippen LogP contribution is 2.56. The molecular weight excluding hydrogens is 474 g/mol. The molecule has 5 unspecified atom stereocenters. The number of nitrogens with zero attached hydrogens (tertiary/aromatic N) is 1. The van der Waals surface area contributed by atoms with E-state index >= 15 is 0 Å². The van der Waals surface area contributed by atoms with Crippen LogP contribution in [0.3, 0.4) is 0 Å². The van der Waals surface area contributed by atoms with Gasteiger partial charge in [-0.15, -0.1) is 0 Å². The summed E-state index contributed by atoms with van der Waals surface area (Å²) in [5, 5.41) is 0. The summed E-state index contributed by atoms with van der Waals surface area (Å²) in [7, 11) is 0. The number of aryl methyl sites for hydroxylation is 2. The molecule has 2 aromatic rings. The molecule has 2 bridgehead atoms. The summed E-state index contributed by atoms with van der Waals surface area (Å²) in [4.78, 5) is 43.7. The Labute approximate surface area is 225 Å². The van der Waals surface area contributed by atoms with Gasteiger partial charge < -0.3 is 9.64 Å². The van der Waals surface area contributed by atoms with E-state index in [2.05, 4.69) is 6.07 Å². The van der Waals surface area contributed by atoms with Crippen LogP contribution in [-0.4, -0.2) is 40.1 Å². The van der Waals surface area contributed by atoms with Gasteiger partial charge in [-0.1, -0.05) is 104 Å². The van der Waals surface area contributed by atoms with E-state index in [1.165, 1.54) is 6.42 Å². The van der Waals surface area contributed by atoms with Gasteiger partial charge in [0.1, 0.15) is 17.4 Å². The smallest absolute Gasteiger partial charge is 0.230 e. The molecule has 1 aliphatic carbocycles. The Bertz CT molecular complexity index is 1260. The standard InChI is InChI=1S/C33H37NO4/c1-21-15-22(2)17-25(16-21)19-26(35)29-28-13-14-33(38-28)30(29)32(37)34(20-24-11-7-4-8-12-24)31(33)27(36)18-23-9-5-3-6-10-23/h4,7-8,11-17,23,28-31H,3,5-6,9-10,18-20H2,1-2H3. The lowest BCUT2D eigenvalue weighted by atomic mass is 9.71. The third-order valence-corrected chi connectivity index (χ3v) is 9.12. The third-order valence-electron chi connectivity index (χ3n) is 9.12. The molecule has 198 valence electrons. The highest BCUT2D eigenvalue weighted by molar-refractivity contribution is 6.01. The molecule has 0 radical (unpaired) electrons. The van der Waals surface area contributed by atoms with Crippen molar-refractivity contribution in [2.45, 2.75) is 83.1 Å². The van der Waals surface area contributed by atoms with E-state index in [9.17, 15) is 14.4 Å². The summed E-state index contributed by atoms with van der Waals surface area (Å²) >= 11 is 0. The topological polar surface area (TPSA) is 63.7 Å². The zero-order valence-corrected chi connectivity index (χ0v) is 22.4. The summed E-state index contributed by atoms with van der Waals surface area (Å²) in [6, 6.07) is 15.3. The minimum atomic E-state index is -1.05. The zero-order chi connectivity index (χ0) is 26.4. The van der Waals surface area contributed by atoms with Gasteiger partial charge in [-0.2, -0.15) is 0 Å². The maximum absolute atomic E-state index is 14.2. The number of rotatable bonds is 8. The molecule has 1 spiro atoms. The number of likely N-dealkylation sites (tertiary alicyclic amines) is 1. The Hall–Kier alpha value is -3.05. The highest BCUT2D eigenvalue weighted by atomic mass is 16.5. The Kier molecular flexibility index (Phi) is 6.59. The van der Waals surface area contributed by atoms with Crippen molar-refractivity contribution in [3.05, 3.63) is 82.9 Å². The molecule has 3 heterocycles. The number of ether oxygens (including phenoxy) is 1. The Morgan fingerprint density at radius 3 is 2.37 bits per heavy atom. The fourth-order valence-electron chi connectivity index (χ4n) is 7.64. The van der Waals surface area contributed by atoms with Gasteiger partial charge in [-0.05, 0) is 30.9 Å². The molecule has 6 rings (SSSR count). The van der Waals surface area contributed by atoms with Crippen molar-refractivity contribution in [2.24, 2.45) is 17.8 Å². The van der Waals surface area contributed by atoms with Crippen LogP contribution in [0.4, 0.5) is 0 Å². The molecule has 3 aliphatic heterocycles. The number of Topliss-reactive ketones (excluding diaryl/α,β-unsaturated/α-hetero) is 2. The first-order valence-electron chi connectivity index (χ1n) is 14.2. The van der Waals surface area contributed by atoms with E-state index in [0.29, 0.717) is 18.9 Å². The summed E-state index contributed by atoms with van der Waals surface area (Å²) in [6.07, 6.45) is 9.85. The predicted octanol–water partition coefficient (Wildman–Crippen LogP) is 5.31. The van der Waals surface area contributed by atoms with Crippen molar-refractivity contribution in [1.29, 1.82) is 0 Å². The number of hydrogen-bond donors (Lipinski definition) is 0. The van der Waals surface area contributed by atoms with E-state index in [-0.39, 0.29) is 23.9 Å². The number of fused-ring (bicyclic) bond motifs is 1. The number of carbonyl (C=O) groups is 3. The molecule has 1 amide bonds. The van der Waals surface area contributed by atoms with E-state index in [1.54, 1.807) is 4.90 Å². The first-order chi connectivity index (χ1) is 18.4. The van der Waals surface area contributed by atoms with E-state index < -0.39 is 29.6 Å². The van der Waals surface area contributed by atoms with Crippen LogP contribution in [0.5, 0.6) is 0 Å². The summed E-state index contributed by atoms with van der Waals surface area (Å²) in [5.41, 5.74) is 3.13. The molecule has 38 heavy (non-hydrogen) atoms. The van der Waals surface area contributed by atoms with Gasteiger partial charge in [0.2, 0.25) is 5.91 Å². The normalized spacial score (nSPS) is 30.2. The second-order valence-electron chi connectivity index (χ2n) is 12.0. The van der Waals surface area contributed by atoms with Crippen LogP contribution in [0, 0.1) is 31.6 Å². The lowest BCUT2D eigenvalue weighted by Crippen LogP contribution is -2.50. The Morgan fingerprint density at radius 1 is 0.947 bits per heavy atom. The van der Waals surface area contributed by atoms with Gasteiger partial charge in [0.15, 0.2) is 5.78 Å². The molecule has 2 aromatic carbocycles. The number of carbonyl (C=O) groups excluding carboxylic acids is 3. The SMILES string of the molecule is Cc1cc(C)cc(CC(=O)C2C3C=CC4(O3)C2C(=O)N(Cc2ccccc2)C4C(=O)CC2CCCCC2)c1. The minimum absolute atomic E-state index is 0.0182. The molecule has 0 aromatic heterocycles. The number of hydrogen-bond acceptors (Lipinski definition) is 4. The molecule has 4 aliphatic rings. The van der Waals surface area contributed by atoms with E-state index in [4.69, 9.17) is 4.74 Å². The lowest BCUT2D eigenvalue weighted by molar-refractivity contribution is -0.141. The maximum Gasteiger partial charge on any atom is 0.230 e. The summed E-state index contributed by atoms with van der Waals surface area (Å²) in [5.74, 6) is -0.883. The first kappa shape index (κ1) is 25.2. The van der Waals surface area contributed by atoms with E-state index in [0.717, 1.165) is 47.9 Å². The van der Waals surface area contributed by atoms with Crippen LogP contribution in [0.1, 0.15) is 60.8 Å². The molecule has 5 nitrogen and oxygen atoms in total. The van der Waals surface area contributed by atoms with Gasteiger partial charge in [0.25, 0.3) is 0 Å². The van der Waals surface area contributed by atoms with Gasteiger partial charge in [0.05, 0.1) is 17.9 Å². The van der Waals surface area contributed by atoms with E-state index in [1.807, 2.05) is 68.5 Å². The zero-order valence-electron chi connectivity index (χ0n) is 22.4. The van der Waals surface area contributed by atoms with Crippen LogP contribution in [0.2, 0.25) is 0 Å². The maximum atomic E-state index is 14.2. The van der Waals surface area contributed by atoms with Gasteiger partial charge in [0, 0.05) is 19.4 Å². The Balaban J connectivity index is 1.32. The third kappa shape index (κ3) is 4.35. The van der Waals surface area contributed by atoms with Crippen LogP contribution in [0.15, 0.2) is 60.7 Å². The quantitative estimate of drug-likeness (QED) is 0.451. The molecule has 0 N–H and O–H groups in total. The van der Waals surface area contributed by atoms with Gasteiger partial charge >= 0.3 is 0 Å². The van der Waals surface area contributed by atoms with Crippen molar-refractivity contribution >= 4 is 17.5 Å². The molecule has 3 fully saturated rings. The lowest BCUT2D eigenvalue weighted by Gasteiger charge is -2.33. The van der Waals surface area contributed by atoms with Gasteiger partial charge in [-0.3, -0.25) is 14.4 Å². The number of ketones is 2. The van der Waals surface area contributed by atoms with Crippen LogP contribution in [-0.2, 0) is 32.1 Å². The molecule has 2 saturated heterocycles. The van der Waals surface area contributed by atoms with Crippen molar-refractivity contribution < 1.29 is 19.1 Å². The second-order valence-corrected chi connectivity index (χ2v) is 12.0. The first-order valence-corrected chi connectivity index (χ1v) is 14.2. The van der Waals surface area contributed by atoms with Crippen molar-refractivity contribution in [1.82, 2.24) is 4.90 Å². The van der Waals surface area contributed by atoms with Crippen LogP contribution in [0.25, 0.3) is 0 Å². The minimum Gasteiger partial charge on any atom is -0.359 e. The molecule has 1 saturated carbocycles. The average Bonchev–Trinajstić information content (AvgIpc) is 3.52. The van der Waals surface area contributed by atoms with Crippen molar-refractivity contribution in [3.63, 3.8) is 0 Å². The predicted molar refractivity (Wildman–Crippen MR) is 145 cm³/mol. The highest BCUT2D eigenvalue weighted by Gasteiger charge is 2.72. The van der Waals surface area contributed by atoms with Gasteiger partial charge in [-0.25, -0.2) is 0 Å². The molecule has 5 atom stereocenters. The van der Waals surface area contributed by atoms with Crippen LogP contribution < -0.4 is 0 Å². The monoisotopic (exact) mass is 511 g/mol. The number of benzene rings is 2. The molecular formula is C33H37NO4. The summed E-state index contributed by atoms with van der Waals surface area (Å²) < 4.78 is 6.55. The molecule has 5 heteroatoms. The number of amides is 1. The Morgan fingerprint density at radius 2 is 1.66 bits per heavy atom. The average molecular weight is 512 g/mol.